The SMILES string of the molecule is N=C/C(=C\N)Nc1ncc(Cl)c(NCc2ccccc2)n1. The second-order valence-electron chi connectivity index (χ2n) is 4.12. The van der Waals surface area contributed by atoms with Crippen molar-refractivity contribution in [3.63, 3.8) is 0 Å². The van der Waals surface area contributed by atoms with Gasteiger partial charge in [-0.3, -0.25) is 0 Å². The number of aromatic nitrogens is 2. The van der Waals surface area contributed by atoms with Crippen LogP contribution in [0.4, 0.5) is 11.8 Å². The lowest BCUT2D eigenvalue weighted by Crippen LogP contribution is -2.09. The van der Waals surface area contributed by atoms with Crippen LogP contribution in [0.15, 0.2) is 48.4 Å². The van der Waals surface area contributed by atoms with Gasteiger partial charge in [0.05, 0.1) is 11.9 Å². The van der Waals surface area contributed by atoms with E-state index >= 15 is 0 Å². The third-order valence-electron chi connectivity index (χ3n) is 2.64. The third-order valence-corrected chi connectivity index (χ3v) is 2.91. The van der Waals surface area contributed by atoms with Crippen molar-refractivity contribution in [1.82, 2.24) is 9.97 Å². The molecule has 1 heterocycles. The van der Waals surface area contributed by atoms with Crippen LogP contribution < -0.4 is 16.4 Å². The predicted octanol–water partition coefficient (Wildman–Crippen LogP) is 2.60. The van der Waals surface area contributed by atoms with E-state index in [0.29, 0.717) is 29.0 Å². The van der Waals surface area contributed by atoms with E-state index < -0.39 is 0 Å². The van der Waals surface area contributed by atoms with Gasteiger partial charge in [0, 0.05) is 19.0 Å². The zero-order chi connectivity index (χ0) is 15.1. The number of halogens is 1. The average molecular weight is 303 g/mol. The van der Waals surface area contributed by atoms with E-state index in [0.717, 1.165) is 11.8 Å². The van der Waals surface area contributed by atoms with Gasteiger partial charge < -0.3 is 21.8 Å². The Labute approximate surface area is 127 Å². The van der Waals surface area contributed by atoms with Crippen LogP contribution >= 0.6 is 11.6 Å². The highest BCUT2D eigenvalue weighted by atomic mass is 35.5. The highest BCUT2D eigenvalue weighted by Crippen LogP contribution is 2.20. The van der Waals surface area contributed by atoms with Crippen molar-refractivity contribution in [3.05, 3.63) is 59.0 Å². The Kier molecular flexibility index (Phi) is 5.11. The molecule has 0 aliphatic heterocycles. The molecule has 0 unspecified atom stereocenters. The maximum absolute atomic E-state index is 7.17. The molecule has 0 saturated carbocycles. The lowest BCUT2D eigenvalue weighted by Gasteiger charge is -2.10. The number of anilines is 2. The van der Waals surface area contributed by atoms with Crippen molar-refractivity contribution in [1.29, 1.82) is 5.41 Å². The van der Waals surface area contributed by atoms with E-state index in [1.807, 2.05) is 30.3 Å². The predicted molar refractivity (Wildman–Crippen MR) is 85.5 cm³/mol. The quantitative estimate of drug-likeness (QED) is 0.615. The molecule has 2 rings (SSSR count). The van der Waals surface area contributed by atoms with Gasteiger partial charge in [0.2, 0.25) is 5.95 Å². The lowest BCUT2D eigenvalue weighted by molar-refractivity contribution is 1.08. The summed E-state index contributed by atoms with van der Waals surface area (Å²) in [4.78, 5) is 8.29. The molecule has 108 valence electrons. The maximum atomic E-state index is 7.17. The van der Waals surface area contributed by atoms with Crippen molar-refractivity contribution in [2.24, 2.45) is 5.73 Å². The molecule has 21 heavy (non-hydrogen) atoms. The van der Waals surface area contributed by atoms with E-state index in [1.54, 1.807) is 0 Å². The monoisotopic (exact) mass is 302 g/mol. The zero-order valence-electron chi connectivity index (χ0n) is 11.2. The third kappa shape index (κ3) is 4.19. The minimum atomic E-state index is 0.315. The molecule has 6 nitrogen and oxygen atoms in total. The summed E-state index contributed by atoms with van der Waals surface area (Å²) in [6.45, 7) is 0.598. The molecule has 1 aromatic heterocycles. The van der Waals surface area contributed by atoms with Crippen LogP contribution in [0.1, 0.15) is 5.56 Å². The maximum Gasteiger partial charge on any atom is 0.229 e. The second kappa shape index (κ2) is 7.25. The summed E-state index contributed by atoms with van der Waals surface area (Å²) in [5, 5.41) is 13.6. The fourth-order valence-corrected chi connectivity index (χ4v) is 1.75. The first-order valence-corrected chi connectivity index (χ1v) is 6.60. The lowest BCUT2D eigenvalue weighted by atomic mass is 10.2. The molecule has 7 heteroatoms. The highest BCUT2D eigenvalue weighted by Gasteiger charge is 2.06. The van der Waals surface area contributed by atoms with Crippen LogP contribution in [0.2, 0.25) is 5.02 Å². The summed E-state index contributed by atoms with van der Waals surface area (Å²) in [6.07, 6.45) is 3.83. The van der Waals surface area contributed by atoms with Crippen molar-refractivity contribution in [3.8, 4) is 0 Å². The fraction of sp³-hybridized carbons (Fsp3) is 0.0714. The van der Waals surface area contributed by atoms with Gasteiger partial charge in [-0.1, -0.05) is 41.9 Å². The van der Waals surface area contributed by atoms with Crippen LogP contribution in [0.3, 0.4) is 0 Å². The first kappa shape index (κ1) is 14.8. The van der Waals surface area contributed by atoms with Crippen molar-refractivity contribution >= 4 is 29.6 Å². The Balaban J connectivity index is 2.10. The minimum Gasteiger partial charge on any atom is -0.403 e. The summed E-state index contributed by atoms with van der Waals surface area (Å²) < 4.78 is 0. The molecule has 0 radical (unpaired) electrons. The number of allylic oxidation sites excluding steroid dienone is 1. The molecule has 5 N–H and O–H groups in total. The first-order valence-electron chi connectivity index (χ1n) is 6.22. The molecule has 0 spiro atoms. The van der Waals surface area contributed by atoms with Crippen LogP contribution in [0.5, 0.6) is 0 Å². The number of rotatable bonds is 6. The number of hydrogen-bond acceptors (Lipinski definition) is 6. The fourth-order valence-electron chi connectivity index (χ4n) is 1.59. The molecular weight excluding hydrogens is 288 g/mol. The average Bonchev–Trinajstić information content (AvgIpc) is 2.53. The minimum absolute atomic E-state index is 0.315. The normalized spacial score (nSPS) is 11.0. The Morgan fingerprint density at radius 1 is 1.33 bits per heavy atom. The summed E-state index contributed by atoms with van der Waals surface area (Å²) in [7, 11) is 0. The smallest absolute Gasteiger partial charge is 0.229 e. The molecule has 0 atom stereocenters. The summed E-state index contributed by atoms with van der Waals surface area (Å²) in [5.41, 5.74) is 6.87. The van der Waals surface area contributed by atoms with Crippen LogP contribution in [-0.2, 0) is 6.54 Å². The van der Waals surface area contributed by atoms with Crippen LogP contribution in [0.25, 0.3) is 0 Å². The summed E-state index contributed by atoms with van der Waals surface area (Å²) in [6, 6.07) is 9.90. The molecule has 0 aliphatic rings. The van der Waals surface area contributed by atoms with Gasteiger partial charge in [-0.2, -0.15) is 4.98 Å². The largest absolute Gasteiger partial charge is 0.403 e. The van der Waals surface area contributed by atoms with Crippen molar-refractivity contribution in [2.45, 2.75) is 6.54 Å². The van der Waals surface area contributed by atoms with Crippen molar-refractivity contribution < 1.29 is 0 Å². The molecule has 1 aromatic carbocycles. The summed E-state index contributed by atoms with van der Waals surface area (Å²) in [5.74, 6) is 0.828. The molecule has 0 bridgehead atoms. The topological polar surface area (TPSA) is 99.7 Å². The van der Waals surface area contributed by atoms with Gasteiger partial charge in [-0.05, 0) is 5.56 Å². The van der Waals surface area contributed by atoms with Gasteiger partial charge in [-0.25, -0.2) is 4.98 Å². The van der Waals surface area contributed by atoms with E-state index in [4.69, 9.17) is 22.7 Å². The molecule has 0 amide bonds. The van der Waals surface area contributed by atoms with E-state index in [1.165, 1.54) is 12.4 Å². The molecule has 0 aliphatic carbocycles. The molecular formula is C14H15ClN6. The molecule has 0 fully saturated rings. The van der Waals surface area contributed by atoms with Gasteiger partial charge in [-0.15, -0.1) is 0 Å². The van der Waals surface area contributed by atoms with E-state index in [-0.39, 0.29) is 0 Å². The number of benzene rings is 1. The van der Waals surface area contributed by atoms with Gasteiger partial charge in [0.1, 0.15) is 5.02 Å². The molecule has 0 saturated heterocycles. The number of nitrogens with zero attached hydrogens (tertiary/aromatic N) is 2. The highest BCUT2D eigenvalue weighted by molar-refractivity contribution is 6.32. The Morgan fingerprint density at radius 2 is 2.10 bits per heavy atom. The Bertz CT molecular complexity index is 641. The van der Waals surface area contributed by atoms with Gasteiger partial charge >= 0.3 is 0 Å². The number of nitrogens with one attached hydrogen (secondary N) is 3. The van der Waals surface area contributed by atoms with Gasteiger partial charge in [0.25, 0.3) is 0 Å². The Hall–Kier alpha value is -2.60. The first-order chi connectivity index (χ1) is 10.2. The number of nitrogens with two attached hydrogens (primary N) is 1. The standard InChI is InChI=1S/C14H15ClN6/c15-12-9-19-14(20-11(6-16)7-17)21-13(12)18-8-10-4-2-1-3-5-10/h1-7,9,16H,8,17H2,(H2,18,19,20,21)/b11-7+,16-6?. The number of hydrogen-bond donors (Lipinski definition) is 4. The second-order valence-corrected chi connectivity index (χ2v) is 4.53. The van der Waals surface area contributed by atoms with E-state index in [2.05, 4.69) is 20.6 Å². The van der Waals surface area contributed by atoms with Crippen LogP contribution in [0, 0.1) is 5.41 Å². The summed E-state index contributed by atoms with van der Waals surface area (Å²) >= 11 is 6.07. The van der Waals surface area contributed by atoms with E-state index in [9.17, 15) is 0 Å². The van der Waals surface area contributed by atoms with Crippen LogP contribution in [-0.4, -0.2) is 16.2 Å². The van der Waals surface area contributed by atoms with Gasteiger partial charge in [0.15, 0.2) is 5.82 Å². The van der Waals surface area contributed by atoms with Crippen molar-refractivity contribution in [2.75, 3.05) is 10.6 Å². The zero-order valence-corrected chi connectivity index (χ0v) is 11.9. The molecule has 2 aromatic rings. The Morgan fingerprint density at radius 3 is 2.76 bits per heavy atom.